The van der Waals surface area contributed by atoms with Crippen molar-refractivity contribution in [2.45, 2.75) is 25.4 Å². The summed E-state index contributed by atoms with van der Waals surface area (Å²) in [6.45, 7) is 0.487. The first-order valence-corrected chi connectivity index (χ1v) is 6.85. The van der Waals surface area contributed by atoms with Gasteiger partial charge in [0.2, 0.25) is 5.91 Å². The molecule has 2 aromatic rings. The maximum atomic E-state index is 11.9. The van der Waals surface area contributed by atoms with Gasteiger partial charge in [-0.3, -0.25) is 9.36 Å². The Balaban J connectivity index is 0.00000161. The molecule has 1 aromatic heterocycles. The summed E-state index contributed by atoms with van der Waals surface area (Å²) >= 11 is 0. The Morgan fingerprint density at radius 3 is 2.86 bits per heavy atom. The zero-order valence-electron chi connectivity index (χ0n) is 11.5. The molecule has 1 heterocycles. The molecule has 1 fully saturated rings. The van der Waals surface area contributed by atoms with Crippen molar-refractivity contribution in [3.63, 3.8) is 0 Å². The highest BCUT2D eigenvalue weighted by Crippen LogP contribution is 2.31. The highest BCUT2D eigenvalue weighted by atomic mass is 35.5. The minimum Gasteiger partial charge on any atom is -0.353 e. The fourth-order valence-electron chi connectivity index (χ4n) is 2.39. The monoisotopic (exact) mass is 310 g/mol. The summed E-state index contributed by atoms with van der Waals surface area (Å²) in [6, 6.07) is 7.34. The zero-order valence-corrected chi connectivity index (χ0v) is 12.4. The molecular weight excluding hydrogens is 292 g/mol. The second-order valence-corrected chi connectivity index (χ2v) is 5.34. The van der Waals surface area contributed by atoms with Crippen LogP contribution in [-0.4, -0.2) is 28.0 Å². The van der Waals surface area contributed by atoms with Gasteiger partial charge in [0.05, 0.1) is 11.0 Å². The average molecular weight is 311 g/mol. The summed E-state index contributed by atoms with van der Waals surface area (Å²) in [4.78, 5) is 26.5. The van der Waals surface area contributed by atoms with Crippen molar-refractivity contribution >= 4 is 29.3 Å². The highest BCUT2D eigenvalue weighted by molar-refractivity contribution is 5.85. The van der Waals surface area contributed by atoms with Gasteiger partial charge in [0, 0.05) is 12.6 Å². The number of benzene rings is 1. The third-order valence-corrected chi connectivity index (χ3v) is 3.75. The molecule has 1 amide bonds. The molecule has 3 rings (SSSR count). The summed E-state index contributed by atoms with van der Waals surface area (Å²) < 4.78 is 1.44. The number of aromatic amines is 1. The van der Waals surface area contributed by atoms with Gasteiger partial charge in [-0.2, -0.15) is 0 Å². The maximum Gasteiger partial charge on any atom is 0.326 e. The number of aromatic nitrogens is 2. The van der Waals surface area contributed by atoms with Crippen LogP contribution in [0.5, 0.6) is 0 Å². The third-order valence-electron chi connectivity index (χ3n) is 3.75. The Labute approximate surface area is 128 Å². The van der Waals surface area contributed by atoms with E-state index in [1.807, 2.05) is 24.3 Å². The molecule has 0 saturated heterocycles. The van der Waals surface area contributed by atoms with Gasteiger partial charge in [0.25, 0.3) is 0 Å². The molecule has 0 spiro atoms. The number of amides is 1. The van der Waals surface area contributed by atoms with Crippen LogP contribution < -0.4 is 16.7 Å². The molecule has 7 heteroatoms. The number of halogens is 1. The number of nitrogens with two attached hydrogens (primary N) is 1. The van der Waals surface area contributed by atoms with E-state index >= 15 is 0 Å². The number of para-hydroxylation sites is 2. The fourth-order valence-corrected chi connectivity index (χ4v) is 2.39. The molecule has 1 saturated carbocycles. The van der Waals surface area contributed by atoms with Gasteiger partial charge in [-0.1, -0.05) is 12.1 Å². The van der Waals surface area contributed by atoms with Crippen LogP contribution in [0.25, 0.3) is 11.0 Å². The Morgan fingerprint density at radius 1 is 1.43 bits per heavy atom. The first-order valence-electron chi connectivity index (χ1n) is 6.85. The van der Waals surface area contributed by atoms with E-state index in [1.165, 1.54) is 4.57 Å². The third kappa shape index (κ3) is 3.46. The number of nitrogens with one attached hydrogen (secondary N) is 2. The minimum atomic E-state index is -0.271. The number of H-pyrrole nitrogens is 1. The molecule has 114 valence electrons. The lowest BCUT2D eigenvalue weighted by atomic mass is 10.2. The van der Waals surface area contributed by atoms with Gasteiger partial charge in [-0.25, -0.2) is 4.79 Å². The van der Waals surface area contributed by atoms with Crippen molar-refractivity contribution in [3.05, 3.63) is 34.7 Å². The van der Waals surface area contributed by atoms with E-state index in [4.69, 9.17) is 5.73 Å². The summed E-state index contributed by atoms with van der Waals surface area (Å²) in [6.07, 6.45) is 2.30. The lowest BCUT2D eigenvalue weighted by Crippen LogP contribution is -2.40. The molecule has 0 aliphatic heterocycles. The van der Waals surface area contributed by atoms with Crippen LogP contribution in [0.3, 0.4) is 0 Å². The van der Waals surface area contributed by atoms with Crippen LogP contribution in [0.1, 0.15) is 12.8 Å². The Morgan fingerprint density at radius 2 is 2.14 bits per heavy atom. The quantitative estimate of drug-likeness (QED) is 0.755. The maximum absolute atomic E-state index is 11.9. The molecule has 6 nitrogen and oxygen atoms in total. The topological polar surface area (TPSA) is 92.9 Å². The van der Waals surface area contributed by atoms with E-state index < -0.39 is 0 Å². The molecule has 1 aromatic carbocycles. The molecule has 1 atom stereocenters. The molecule has 1 aliphatic carbocycles. The number of imidazole rings is 1. The molecule has 21 heavy (non-hydrogen) atoms. The summed E-state index contributed by atoms with van der Waals surface area (Å²) in [5.41, 5.74) is 7.13. The second kappa shape index (κ2) is 6.32. The Bertz CT molecular complexity index is 690. The number of carbonyl (C=O) groups excluding carboxylic acids is 1. The number of carbonyl (C=O) groups is 1. The molecule has 1 aliphatic rings. The van der Waals surface area contributed by atoms with E-state index in [0.29, 0.717) is 12.5 Å². The number of hydrogen-bond acceptors (Lipinski definition) is 3. The van der Waals surface area contributed by atoms with E-state index in [2.05, 4.69) is 10.3 Å². The standard InChI is InChI=1S/C14H18N4O2.ClH/c15-10(9-5-6-9)7-16-13(19)8-18-12-4-2-1-3-11(12)17-14(18)20;/h1-4,9-10H,5-8,15H2,(H,16,19)(H,17,20);1H. The van der Waals surface area contributed by atoms with Crippen LogP contribution in [0.15, 0.2) is 29.1 Å². The molecular formula is C14H19ClN4O2. The van der Waals surface area contributed by atoms with E-state index in [1.54, 1.807) is 0 Å². The summed E-state index contributed by atoms with van der Waals surface area (Å²) in [5.74, 6) is 0.360. The summed E-state index contributed by atoms with van der Waals surface area (Å²) in [5, 5.41) is 2.80. The van der Waals surface area contributed by atoms with Crippen molar-refractivity contribution < 1.29 is 4.79 Å². The predicted octanol–water partition coefficient (Wildman–Crippen LogP) is 0.605. The van der Waals surface area contributed by atoms with Crippen molar-refractivity contribution in [3.8, 4) is 0 Å². The van der Waals surface area contributed by atoms with Crippen molar-refractivity contribution in [2.75, 3.05) is 6.54 Å². The van der Waals surface area contributed by atoms with Crippen LogP contribution in [0.2, 0.25) is 0 Å². The van der Waals surface area contributed by atoms with E-state index in [-0.39, 0.29) is 36.6 Å². The fraction of sp³-hybridized carbons (Fsp3) is 0.429. The SMILES string of the molecule is Cl.NC(CNC(=O)Cn1c(=O)[nH]c2ccccc21)C1CC1. The number of fused-ring (bicyclic) bond motifs is 1. The van der Waals surface area contributed by atoms with Crippen molar-refractivity contribution in [1.82, 2.24) is 14.9 Å². The molecule has 4 N–H and O–H groups in total. The van der Waals surface area contributed by atoms with Gasteiger partial charge in [-0.05, 0) is 30.9 Å². The normalized spacial score (nSPS) is 15.5. The number of rotatable bonds is 5. The van der Waals surface area contributed by atoms with Crippen molar-refractivity contribution in [1.29, 1.82) is 0 Å². The van der Waals surface area contributed by atoms with Gasteiger partial charge in [-0.15, -0.1) is 12.4 Å². The lowest BCUT2D eigenvalue weighted by molar-refractivity contribution is -0.121. The van der Waals surface area contributed by atoms with Crippen LogP contribution >= 0.6 is 12.4 Å². The van der Waals surface area contributed by atoms with Gasteiger partial charge in [0.1, 0.15) is 6.54 Å². The van der Waals surface area contributed by atoms with Crippen molar-refractivity contribution in [2.24, 2.45) is 11.7 Å². The Kier molecular flexibility index (Phi) is 4.69. The lowest BCUT2D eigenvalue weighted by Gasteiger charge is -2.11. The predicted molar refractivity (Wildman–Crippen MR) is 83.5 cm³/mol. The zero-order chi connectivity index (χ0) is 14.1. The number of hydrogen-bond donors (Lipinski definition) is 3. The van der Waals surface area contributed by atoms with Gasteiger partial charge < -0.3 is 16.0 Å². The first kappa shape index (κ1) is 15.6. The minimum absolute atomic E-state index is 0. The molecule has 0 bridgehead atoms. The van der Waals surface area contributed by atoms with Gasteiger partial charge >= 0.3 is 5.69 Å². The molecule has 1 unspecified atom stereocenters. The largest absolute Gasteiger partial charge is 0.353 e. The number of nitrogens with zero attached hydrogens (tertiary/aromatic N) is 1. The van der Waals surface area contributed by atoms with E-state index in [9.17, 15) is 9.59 Å². The summed E-state index contributed by atoms with van der Waals surface area (Å²) in [7, 11) is 0. The first-order chi connectivity index (χ1) is 9.65. The molecule has 0 radical (unpaired) electrons. The van der Waals surface area contributed by atoms with Gasteiger partial charge in [0.15, 0.2) is 0 Å². The average Bonchev–Trinajstić information content (AvgIpc) is 3.23. The van der Waals surface area contributed by atoms with Crippen LogP contribution in [0.4, 0.5) is 0 Å². The van der Waals surface area contributed by atoms with E-state index in [0.717, 1.165) is 23.9 Å². The Hall–Kier alpha value is -1.79. The van der Waals surface area contributed by atoms with Crippen LogP contribution in [-0.2, 0) is 11.3 Å². The second-order valence-electron chi connectivity index (χ2n) is 5.34. The smallest absolute Gasteiger partial charge is 0.326 e. The van der Waals surface area contributed by atoms with Crippen LogP contribution in [0, 0.1) is 5.92 Å². The highest BCUT2D eigenvalue weighted by Gasteiger charge is 2.28.